The molecular weight excluding hydrogens is 304 g/mol. The summed E-state index contributed by atoms with van der Waals surface area (Å²) in [5.74, 6) is 0.762. The van der Waals surface area contributed by atoms with Crippen LogP contribution in [0, 0.1) is 6.92 Å². The van der Waals surface area contributed by atoms with Crippen molar-refractivity contribution in [3.63, 3.8) is 0 Å². The Balaban J connectivity index is 2.27. The maximum Gasteiger partial charge on any atom is 0.160 e. The van der Waals surface area contributed by atoms with Crippen LogP contribution in [0.5, 0.6) is 0 Å². The maximum atomic E-state index is 6.07. The Kier molecular flexibility index (Phi) is 3.61. The van der Waals surface area contributed by atoms with Crippen LogP contribution in [0.4, 0.5) is 0 Å². The van der Waals surface area contributed by atoms with Crippen molar-refractivity contribution in [3.8, 4) is 11.4 Å². The zero-order valence-electron chi connectivity index (χ0n) is 11.4. The molecule has 0 unspecified atom stereocenters. The second-order valence-electron chi connectivity index (χ2n) is 4.85. The highest BCUT2D eigenvalue weighted by Crippen LogP contribution is 2.26. The summed E-state index contributed by atoms with van der Waals surface area (Å²) in [6.07, 6.45) is 1.81. The van der Waals surface area contributed by atoms with E-state index >= 15 is 0 Å². The zero-order valence-corrected chi connectivity index (χ0v) is 12.9. The third-order valence-electron chi connectivity index (χ3n) is 3.12. The predicted molar refractivity (Wildman–Crippen MR) is 89.5 cm³/mol. The fourth-order valence-electron chi connectivity index (χ4n) is 2.27. The Morgan fingerprint density at radius 2 is 2.19 bits per heavy atom. The van der Waals surface area contributed by atoms with Gasteiger partial charge in [0.15, 0.2) is 5.65 Å². The summed E-state index contributed by atoms with van der Waals surface area (Å²) >= 11 is 11.1. The van der Waals surface area contributed by atoms with Crippen molar-refractivity contribution in [1.82, 2.24) is 14.5 Å². The van der Waals surface area contributed by atoms with Crippen LogP contribution in [0.25, 0.3) is 22.6 Å². The van der Waals surface area contributed by atoms with Gasteiger partial charge in [0, 0.05) is 16.8 Å². The Labute approximate surface area is 132 Å². The van der Waals surface area contributed by atoms with Gasteiger partial charge in [-0.3, -0.25) is 0 Å². The fourth-order valence-corrected chi connectivity index (χ4v) is 2.58. The molecule has 0 radical (unpaired) electrons. The molecule has 0 atom stereocenters. The molecule has 4 nitrogen and oxygen atoms in total. The van der Waals surface area contributed by atoms with E-state index in [-0.39, 0.29) is 0 Å². The first-order valence-corrected chi connectivity index (χ1v) is 7.20. The molecule has 21 heavy (non-hydrogen) atoms. The first kappa shape index (κ1) is 14.0. The van der Waals surface area contributed by atoms with Crippen LogP contribution in [0.2, 0.25) is 5.02 Å². The number of aryl methyl sites for hydroxylation is 1. The van der Waals surface area contributed by atoms with E-state index in [2.05, 4.69) is 9.97 Å². The molecule has 0 saturated carbocycles. The monoisotopic (exact) mass is 316 g/mol. The lowest BCUT2D eigenvalue weighted by Crippen LogP contribution is -2.17. The minimum atomic E-state index is 0.389. The first-order valence-electron chi connectivity index (χ1n) is 6.42. The average Bonchev–Trinajstić information content (AvgIpc) is 2.76. The molecule has 0 spiro atoms. The van der Waals surface area contributed by atoms with E-state index in [4.69, 9.17) is 29.6 Å². The number of nitrogens with two attached hydrogens (primary N) is 1. The molecule has 0 fully saturated rings. The van der Waals surface area contributed by atoms with E-state index in [1.54, 1.807) is 0 Å². The lowest BCUT2D eigenvalue weighted by Gasteiger charge is -2.07. The van der Waals surface area contributed by atoms with Gasteiger partial charge in [-0.1, -0.05) is 36.0 Å². The quantitative estimate of drug-likeness (QED) is 0.753. The molecule has 3 rings (SSSR count). The minimum Gasteiger partial charge on any atom is -0.392 e. The number of benzene rings is 1. The Bertz CT molecular complexity index is 841. The van der Waals surface area contributed by atoms with Crippen molar-refractivity contribution in [3.05, 3.63) is 47.1 Å². The Hall–Kier alpha value is -1.98. The van der Waals surface area contributed by atoms with Gasteiger partial charge in [-0.05, 0) is 30.7 Å². The molecule has 0 bridgehead atoms. The molecule has 0 aliphatic heterocycles. The van der Waals surface area contributed by atoms with Crippen LogP contribution in [0.3, 0.4) is 0 Å². The maximum absolute atomic E-state index is 6.07. The van der Waals surface area contributed by atoms with Crippen LogP contribution < -0.4 is 5.73 Å². The highest BCUT2D eigenvalue weighted by atomic mass is 35.5. The van der Waals surface area contributed by atoms with Crippen LogP contribution >= 0.6 is 23.8 Å². The van der Waals surface area contributed by atoms with Crippen LogP contribution in [-0.4, -0.2) is 19.5 Å². The van der Waals surface area contributed by atoms with Gasteiger partial charge in [0.05, 0.1) is 11.5 Å². The molecule has 2 aromatic heterocycles. The van der Waals surface area contributed by atoms with E-state index in [9.17, 15) is 0 Å². The summed E-state index contributed by atoms with van der Waals surface area (Å²) < 4.78 is 1.92. The van der Waals surface area contributed by atoms with Gasteiger partial charge in [-0.25, -0.2) is 9.97 Å². The highest BCUT2D eigenvalue weighted by Gasteiger charge is 2.14. The van der Waals surface area contributed by atoms with Crippen molar-refractivity contribution in [1.29, 1.82) is 0 Å². The molecule has 0 amide bonds. The van der Waals surface area contributed by atoms with Gasteiger partial charge in [-0.15, -0.1) is 0 Å². The predicted octanol–water partition coefficient (Wildman–Crippen LogP) is 3.35. The van der Waals surface area contributed by atoms with Crippen molar-refractivity contribution >= 4 is 40.0 Å². The summed E-state index contributed by atoms with van der Waals surface area (Å²) in [6, 6.07) is 9.53. The molecule has 106 valence electrons. The van der Waals surface area contributed by atoms with Gasteiger partial charge < -0.3 is 10.3 Å². The SMILES string of the molecule is Cc1cnc2c(c1)nc(-c1cccc(Cl)c1)n2CC(N)=S. The largest absolute Gasteiger partial charge is 0.392 e. The van der Waals surface area contributed by atoms with Crippen molar-refractivity contribution in [2.45, 2.75) is 13.5 Å². The van der Waals surface area contributed by atoms with Crippen LogP contribution in [0.15, 0.2) is 36.5 Å². The summed E-state index contributed by atoms with van der Waals surface area (Å²) in [5, 5.41) is 0.658. The molecular formula is C15H13ClN4S. The van der Waals surface area contributed by atoms with Crippen molar-refractivity contribution < 1.29 is 0 Å². The fraction of sp³-hybridized carbons (Fsp3) is 0.133. The molecule has 6 heteroatoms. The molecule has 0 aliphatic carbocycles. The average molecular weight is 317 g/mol. The number of rotatable bonds is 3. The number of thiocarbonyl (C=S) groups is 1. The van der Waals surface area contributed by atoms with Gasteiger partial charge >= 0.3 is 0 Å². The van der Waals surface area contributed by atoms with Gasteiger partial charge in [0.1, 0.15) is 11.3 Å². The molecule has 2 N–H and O–H groups in total. The van der Waals surface area contributed by atoms with Crippen molar-refractivity contribution in [2.24, 2.45) is 5.73 Å². The number of halogens is 1. The third-order valence-corrected chi connectivity index (χ3v) is 3.48. The smallest absolute Gasteiger partial charge is 0.160 e. The second kappa shape index (κ2) is 5.42. The Morgan fingerprint density at radius 3 is 2.90 bits per heavy atom. The number of aromatic nitrogens is 3. The van der Waals surface area contributed by atoms with Crippen molar-refractivity contribution in [2.75, 3.05) is 0 Å². The zero-order chi connectivity index (χ0) is 15.0. The van der Waals surface area contributed by atoms with Crippen LogP contribution in [-0.2, 0) is 6.54 Å². The van der Waals surface area contributed by atoms with E-state index in [1.807, 2.05) is 48.0 Å². The number of hydrogen-bond donors (Lipinski definition) is 1. The van der Waals surface area contributed by atoms with Crippen LogP contribution in [0.1, 0.15) is 5.56 Å². The number of nitrogens with zero attached hydrogens (tertiary/aromatic N) is 3. The molecule has 1 aromatic carbocycles. The van der Waals surface area contributed by atoms with Gasteiger partial charge in [-0.2, -0.15) is 0 Å². The molecule has 2 heterocycles. The summed E-state index contributed by atoms with van der Waals surface area (Å²) in [5.41, 5.74) is 9.27. The third kappa shape index (κ3) is 2.75. The van der Waals surface area contributed by atoms with E-state index in [1.165, 1.54) is 0 Å². The summed E-state index contributed by atoms with van der Waals surface area (Å²) in [6.45, 7) is 2.38. The number of imidazole rings is 1. The number of fused-ring (bicyclic) bond motifs is 1. The standard InChI is InChI=1S/C15H13ClN4S/c1-9-5-12-15(18-7-9)20(8-13(17)21)14(19-12)10-3-2-4-11(16)6-10/h2-7H,8H2,1H3,(H2,17,21). The lowest BCUT2D eigenvalue weighted by atomic mass is 10.2. The first-order chi connectivity index (χ1) is 10.0. The van der Waals surface area contributed by atoms with E-state index < -0.39 is 0 Å². The van der Waals surface area contributed by atoms with Gasteiger partial charge in [0.2, 0.25) is 0 Å². The minimum absolute atomic E-state index is 0.389. The molecule has 0 aliphatic rings. The number of pyridine rings is 1. The second-order valence-corrected chi connectivity index (χ2v) is 5.81. The topological polar surface area (TPSA) is 56.7 Å². The highest BCUT2D eigenvalue weighted by molar-refractivity contribution is 7.80. The summed E-state index contributed by atoms with van der Waals surface area (Å²) in [4.78, 5) is 9.51. The number of hydrogen-bond acceptors (Lipinski definition) is 3. The van der Waals surface area contributed by atoms with Gasteiger partial charge in [0.25, 0.3) is 0 Å². The lowest BCUT2D eigenvalue weighted by molar-refractivity contribution is 0.881. The summed E-state index contributed by atoms with van der Waals surface area (Å²) in [7, 11) is 0. The van der Waals surface area contributed by atoms with E-state index in [0.29, 0.717) is 16.6 Å². The molecule has 0 saturated heterocycles. The normalized spacial score (nSPS) is 11.0. The molecule has 3 aromatic rings. The van der Waals surface area contributed by atoms with E-state index in [0.717, 1.165) is 28.1 Å². The Morgan fingerprint density at radius 1 is 1.38 bits per heavy atom.